The maximum Gasteiger partial charge on any atom is 0.244 e. The molecule has 0 aromatic carbocycles. The molecular weight excluding hydrogens is 420 g/mol. The van der Waals surface area contributed by atoms with Crippen LogP contribution < -0.4 is 4.90 Å². The number of hydrogen-bond acceptors (Lipinski definition) is 9. The SMILES string of the molecule is CC(C)Cc1noc(CN2CCN(c3ccc(S(=O)(=O)N4CCOCC4)cn3)CC2)n1. The molecule has 11 heteroatoms. The van der Waals surface area contributed by atoms with Crippen LogP contribution in [-0.2, 0) is 27.7 Å². The molecule has 0 N–H and O–H groups in total. The molecule has 2 aromatic heterocycles. The number of pyridine rings is 1. The number of aromatic nitrogens is 3. The normalized spacial score (nSPS) is 19.3. The number of hydrogen-bond donors (Lipinski definition) is 0. The quantitative estimate of drug-likeness (QED) is 0.611. The molecule has 2 aliphatic heterocycles. The first-order valence-corrected chi connectivity index (χ1v) is 12.2. The molecule has 0 atom stereocenters. The van der Waals surface area contributed by atoms with Gasteiger partial charge in [0.25, 0.3) is 0 Å². The lowest BCUT2D eigenvalue weighted by molar-refractivity contribution is 0.0730. The molecule has 0 radical (unpaired) electrons. The fraction of sp³-hybridized carbons (Fsp3) is 0.650. The van der Waals surface area contributed by atoms with Crippen molar-refractivity contribution in [3.63, 3.8) is 0 Å². The summed E-state index contributed by atoms with van der Waals surface area (Å²) in [6.07, 6.45) is 2.28. The van der Waals surface area contributed by atoms with Crippen LogP contribution >= 0.6 is 0 Å². The third-order valence-corrected chi connectivity index (χ3v) is 7.37. The van der Waals surface area contributed by atoms with Crippen molar-refractivity contribution in [2.75, 3.05) is 57.4 Å². The minimum Gasteiger partial charge on any atom is -0.379 e. The second kappa shape index (κ2) is 9.60. The van der Waals surface area contributed by atoms with E-state index in [0.29, 0.717) is 44.7 Å². The highest BCUT2D eigenvalue weighted by Gasteiger charge is 2.27. The van der Waals surface area contributed by atoms with E-state index >= 15 is 0 Å². The Bertz CT molecular complexity index is 948. The monoisotopic (exact) mass is 450 g/mol. The van der Waals surface area contributed by atoms with Crippen molar-refractivity contribution in [3.8, 4) is 0 Å². The van der Waals surface area contributed by atoms with Crippen LogP contribution in [0, 0.1) is 5.92 Å². The molecule has 4 heterocycles. The Morgan fingerprint density at radius 3 is 2.45 bits per heavy atom. The first kappa shape index (κ1) is 22.1. The van der Waals surface area contributed by atoms with Gasteiger partial charge in [0.1, 0.15) is 10.7 Å². The lowest BCUT2D eigenvalue weighted by atomic mass is 10.1. The topological polar surface area (TPSA) is 105 Å². The summed E-state index contributed by atoms with van der Waals surface area (Å²) in [4.78, 5) is 13.6. The fourth-order valence-corrected chi connectivity index (χ4v) is 5.13. The van der Waals surface area contributed by atoms with Gasteiger partial charge in [0.2, 0.25) is 15.9 Å². The predicted octanol–water partition coefficient (Wildman–Crippen LogP) is 1.01. The van der Waals surface area contributed by atoms with Gasteiger partial charge in [-0.1, -0.05) is 19.0 Å². The van der Waals surface area contributed by atoms with Crippen molar-refractivity contribution in [1.82, 2.24) is 24.3 Å². The Hall–Kier alpha value is -2.08. The van der Waals surface area contributed by atoms with Gasteiger partial charge in [0.05, 0.1) is 19.8 Å². The van der Waals surface area contributed by atoms with Gasteiger partial charge in [-0.25, -0.2) is 13.4 Å². The zero-order valence-corrected chi connectivity index (χ0v) is 18.9. The lowest BCUT2D eigenvalue weighted by Crippen LogP contribution is -2.46. The van der Waals surface area contributed by atoms with Crippen LogP contribution in [-0.4, -0.2) is 85.2 Å². The fourth-order valence-electron chi connectivity index (χ4n) is 3.78. The van der Waals surface area contributed by atoms with Crippen molar-refractivity contribution in [3.05, 3.63) is 30.0 Å². The van der Waals surface area contributed by atoms with E-state index in [2.05, 4.69) is 38.8 Å². The number of sulfonamides is 1. The number of anilines is 1. The largest absolute Gasteiger partial charge is 0.379 e. The van der Waals surface area contributed by atoms with Gasteiger partial charge in [-0.15, -0.1) is 0 Å². The summed E-state index contributed by atoms with van der Waals surface area (Å²) in [5.74, 6) is 2.70. The lowest BCUT2D eigenvalue weighted by Gasteiger charge is -2.34. The summed E-state index contributed by atoms with van der Waals surface area (Å²) in [6, 6.07) is 3.44. The highest BCUT2D eigenvalue weighted by atomic mass is 32.2. The Labute approximate surface area is 183 Å². The summed E-state index contributed by atoms with van der Waals surface area (Å²) in [6.45, 7) is 9.82. The molecule has 2 aromatic rings. The number of piperazine rings is 1. The van der Waals surface area contributed by atoms with Crippen LogP contribution in [0.25, 0.3) is 0 Å². The molecule has 0 amide bonds. The zero-order chi connectivity index (χ0) is 21.8. The maximum absolute atomic E-state index is 12.7. The van der Waals surface area contributed by atoms with Crippen molar-refractivity contribution in [1.29, 1.82) is 0 Å². The molecule has 0 bridgehead atoms. The summed E-state index contributed by atoms with van der Waals surface area (Å²) < 4.78 is 37.6. The molecule has 170 valence electrons. The Morgan fingerprint density at radius 1 is 1.06 bits per heavy atom. The predicted molar refractivity (Wildman–Crippen MR) is 114 cm³/mol. The van der Waals surface area contributed by atoms with Crippen molar-refractivity contribution < 1.29 is 17.7 Å². The van der Waals surface area contributed by atoms with Crippen LogP contribution in [0.4, 0.5) is 5.82 Å². The van der Waals surface area contributed by atoms with Crippen molar-refractivity contribution in [2.24, 2.45) is 5.92 Å². The Morgan fingerprint density at radius 2 is 1.81 bits per heavy atom. The highest BCUT2D eigenvalue weighted by molar-refractivity contribution is 7.89. The minimum absolute atomic E-state index is 0.227. The van der Waals surface area contributed by atoms with Gasteiger partial charge in [-0.05, 0) is 18.1 Å². The van der Waals surface area contributed by atoms with E-state index in [-0.39, 0.29) is 4.90 Å². The van der Waals surface area contributed by atoms with Crippen LogP contribution in [0.5, 0.6) is 0 Å². The van der Waals surface area contributed by atoms with E-state index in [0.717, 1.165) is 44.2 Å². The van der Waals surface area contributed by atoms with E-state index in [4.69, 9.17) is 9.26 Å². The highest BCUT2D eigenvalue weighted by Crippen LogP contribution is 2.20. The van der Waals surface area contributed by atoms with Crippen LogP contribution in [0.15, 0.2) is 27.7 Å². The molecule has 2 fully saturated rings. The van der Waals surface area contributed by atoms with Crippen LogP contribution in [0.3, 0.4) is 0 Å². The van der Waals surface area contributed by atoms with E-state index in [9.17, 15) is 8.42 Å². The Balaban J connectivity index is 1.31. The number of morpholine rings is 1. The number of nitrogens with zero attached hydrogens (tertiary/aromatic N) is 6. The summed E-state index contributed by atoms with van der Waals surface area (Å²) in [5, 5.41) is 4.05. The summed E-state index contributed by atoms with van der Waals surface area (Å²) in [5.41, 5.74) is 0. The molecule has 0 aliphatic carbocycles. The third kappa shape index (κ3) is 5.40. The second-order valence-corrected chi connectivity index (χ2v) is 10.3. The third-order valence-electron chi connectivity index (χ3n) is 5.48. The standard InChI is InChI=1S/C20H30N6O4S/c1-16(2)13-18-22-20(30-23-18)15-24-5-7-25(8-6-24)19-4-3-17(14-21-19)31(27,28)26-9-11-29-12-10-26/h3-4,14,16H,5-13,15H2,1-2H3. The van der Waals surface area contributed by atoms with Crippen LogP contribution in [0.1, 0.15) is 25.6 Å². The minimum atomic E-state index is -3.52. The Kier molecular flexibility index (Phi) is 6.85. The average molecular weight is 451 g/mol. The molecular formula is C20H30N6O4S. The molecule has 31 heavy (non-hydrogen) atoms. The molecule has 0 saturated carbocycles. The molecule has 0 spiro atoms. The van der Waals surface area contributed by atoms with Gasteiger partial charge in [-0.2, -0.15) is 9.29 Å². The second-order valence-electron chi connectivity index (χ2n) is 8.33. The van der Waals surface area contributed by atoms with E-state index in [1.54, 1.807) is 12.1 Å². The summed E-state index contributed by atoms with van der Waals surface area (Å²) in [7, 11) is -3.52. The van der Waals surface area contributed by atoms with E-state index in [1.807, 2.05) is 0 Å². The van der Waals surface area contributed by atoms with Gasteiger partial charge >= 0.3 is 0 Å². The number of ether oxygens (including phenoxy) is 1. The first-order chi connectivity index (χ1) is 14.9. The molecule has 4 rings (SSSR count). The molecule has 0 unspecified atom stereocenters. The molecule has 2 aliphatic rings. The van der Waals surface area contributed by atoms with Gasteiger partial charge in [0, 0.05) is 51.9 Å². The maximum atomic E-state index is 12.7. The van der Waals surface area contributed by atoms with Crippen LogP contribution in [0.2, 0.25) is 0 Å². The molecule has 10 nitrogen and oxygen atoms in total. The zero-order valence-electron chi connectivity index (χ0n) is 18.1. The molecule has 2 saturated heterocycles. The van der Waals surface area contributed by atoms with E-state index in [1.165, 1.54) is 10.5 Å². The van der Waals surface area contributed by atoms with E-state index < -0.39 is 10.0 Å². The number of rotatable bonds is 7. The van der Waals surface area contributed by atoms with Gasteiger partial charge in [-0.3, -0.25) is 4.90 Å². The first-order valence-electron chi connectivity index (χ1n) is 10.7. The van der Waals surface area contributed by atoms with Gasteiger partial charge < -0.3 is 14.2 Å². The van der Waals surface area contributed by atoms with Gasteiger partial charge in [0.15, 0.2) is 5.82 Å². The van der Waals surface area contributed by atoms with Crippen molar-refractivity contribution in [2.45, 2.75) is 31.7 Å². The average Bonchev–Trinajstić information content (AvgIpc) is 3.21. The van der Waals surface area contributed by atoms with Crippen molar-refractivity contribution >= 4 is 15.8 Å². The smallest absolute Gasteiger partial charge is 0.244 e. The summed E-state index contributed by atoms with van der Waals surface area (Å²) >= 11 is 0.